The number of rotatable bonds is 6. The molecule has 1 aliphatic rings. The van der Waals surface area contributed by atoms with Crippen LogP contribution in [0.4, 0.5) is 22.7 Å². The van der Waals surface area contributed by atoms with Gasteiger partial charge >= 0.3 is 0 Å². The zero-order valence-corrected chi connectivity index (χ0v) is 39.5. The van der Waals surface area contributed by atoms with E-state index in [1.165, 1.54) is 9.13 Å². The van der Waals surface area contributed by atoms with Crippen molar-refractivity contribution in [1.29, 1.82) is 0 Å². The Bertz CT molecular complexity index is 4080. The second-order valence-electron chi connectivity index (χ2n) is 18.2. The van der Waals surface area contributed by atoms with Crippen LogP contribution < -0.4 is 14.5 Å². The van der Waals surface area contributed by atoms with Crippen LogP contribution in [0.15, 0.2) is 176 Å². The number of benzene rings is 8. The van der Waals surface area contributed by atoms with Crippen LogP contribution in [0.1, 0.15) is 34.6 Å². The molecule has 0 saturated heterocycles. The first-order valence-electron chi connectivity index (χ1n) is 25.4. The minimum absolute atomic E-state index is 0. The van der Waals surface area contributed by atoms with Gasteiger partial charge in [0.05, 0.1) is 16.7 Å². The Balaban J connectivity index is 0.00000556. The van der Waals surface area contributed by atoms with E-state index in [9.17, 15) is 8.22 Å². The van der Waals surface area contributed by atoms with Crippen LogP contribution in [0, 0.1) is 18.8 Å². The third kappa shape index (κ3) is 6.25. The van der Waals surface area contributed by atoms with Crippen LogP contribution in [0.2, 0.25) is 0 Å². The van der Waals surface area contributed by atoms with Crippen molar-refractivity contribution in [3.8, 4) is 28.4 Å². The molecule has 8 heteroatoms. The number of hydrogen-bond donors (Lipinski definition) is 0. The van der Waals surface area contributed by atoms with Gasteiger partial charge in [0.15, 0.2) is 0 Å². The van der Waals surface area contributed by atoms with Gasteiger partial charge in [-0.2, -0.15) is 6.07 Å². The van der Waals surface area contributed by atoms with E-state index in [2.05, 4.69) is 61.7 Å². The number of fused-ring (bicyclic) bond motifs is 10. The summed E-state index contributed by atoms with van der Waals surface area (Å²) in [6, 6.07) is 62.2. The summed E-state index contributed by atoms with van der Waals surface area (Å²) in [6.45, 7) is 2.99. The molecule has 12 aromatic rings. The largest absolute Gasteiger partial charge is 0.509 e. The van der Waals surface area contributed by atoms with Gasteiger partial charge in [-0.1, -0.05) is 129 Å². The summed E-state index contributed by atoms with van der Waals surface area (Å²) in [5.74, 6) is 1.72. The van der Waals surface area contributed by atoms with Gasteiger partial charge in [-0.25, -0.2) is 4.98 Å². The fourth-order valence-corrected chi connectivity index (χ4v) is 10.2. The van der Waals surface area contributed by atoms with Gasteiger partial charge in [0, 0.05) is 116 Å². The van der Waals surface area contributed by atoms with Crippen LogP contribution in [0.25, 0.3) is 82.4 Å². The molecule has 0 unspecified atom stereocenters. The van der Waals surface area contributed by atoms with Crippen LogP contribution in [-0.2, 0) is 40.4 Å². The molecule has 0 bridgehead atoms. The number of pyridine rings is 1. The third-order valence-electron chi connectivity index (χ3n) is 13.2. The number of hydrogen-bond acceptors (Lipinski definition) is 4. The number of para-hydroxylation sites is 5. The molecule has 0 spiro atoms. The Labute approximate surface area is 417 Å². The predicted molar refractivity (Wildman–Crippen MR) is 276 cm³/mol. The maximum absolute atomic E-state index is 9.25. The molecular weight excluding hydrogens is 1020 g/mol. The normalized spacial score (nSPS) is 14.5. The smallest absolute Gasteiger partial charge is 0.135 e. The number of aromatic nitrogens is 4. The molecule has 0 N–H and O–H groups in total. The molecule has 0 atom stereocenters. The van der Waals surface area contributed by atoms with E-state index < -0.39 is 14.0 Å². The summed E-state index contributed by atoms with van der Waals surface area (Å²) in [5.41, 5.74) is 8.33. The van der Waals surface area contributed by atoms with Gasteiger partial charge in [0.1, 0.15) is 5.82 Å². The monoisotopic (exact) mass is 1070 g/mol. The fraction of sp³-hybridized carbons (Fsp3) is 0.100. The van der Waals surface area contributed by atoms with E-state index in [1.54, 1.807) is 6.20 Å². The van der Waals surface area contributed by atoms with Crippen molar-refractivity contribution in [1.82, 2.24) is 18.7 Å². The maximum Gasteiger partial charge on any atom is 0.135 e. The number of ether oxygens (including phenoxy) is 1. The summed E-state index contributed by atoms with van der Waals surface area (Å²) >= 11 is 0. The topological polar surface area (TPSA) is 43.4 Å². The van der Waals surface area contributed by atoms with Crippen molar-refractivity contribution in [2.45, 2.75) is 26.2 Å². The SMILES string of the molecule is [2H]C([2H])([2H])n1c2ccccc2c2c(-c3ccccc3)c3c4ccccc4n(C([2H])([2H])[2H])c3c(N3[CH-]N(c4[c-]c(Oc5[c-]c6c(cc5)c5ccccc5n6-c5ccccn5)cc(C(C)(C)C)c4)c4ccccc43)c21.[Pt]. The van der Waals surface area contributed by atoms with Crippen molar-refractivity contribution in [3.63, 3.8) is 0 Å². The molecule has 4 aromatic heterocycles. The maximum atomic E-state index is 9.25. The van der Waals surface area contributed by atoms with Crippen LogP contribution in [0.3, 0.4) is 0 Å². The first-order chi connectivity index (χ1) is 35.1. The van der Waals surface area contributed by atoms with E-state index in [0.29, 0.717) is 61.4 Å². The zero-order valence-electron chi connectivity index (χ0n) is 43.2. The molecule has 0 aliphatic carbocycles. The van der Waals surface area contributed by atoms with Gasteiger partial charge in [-0.15, -0.1) is 53.6 Å². The Kier molecular flexibility index (Phi) is 8.24. The minimum atomic E-state index is -2.69. The van der Waals surface area contributed by atoms with E-state index in [1.807, 2.05) is 162 Å². The molecule has 5 heterocycles. The molecule has 0 saturated carbocycles. The van der Waals surface area contributed by atoms with Crippen molar-refractivity contribution < 1.29 is 34.0 Å². The van der Waals surface area contributed by atoms with Gasteiger partial charge < -0.3 is 28.2 Å². The summed E-state index contributed by atoms with van der Waals surface area (Å²) in [5, 5.41) is 4.95. The second kappa shape index (κ2) is 15.8. The van der Waals surface area contributed by atoms with Crippen molar-refractivity contribution in [2.75, 3.05) is 9.80 Å². The van der Waals surface area contributed by atoms with Gasteiger partial charge in [0.2, 0.25) is 0 Å². The molecule has 0 amide bonds. The van der Waals surface area contributed by atoms with Gasteiger partial charge in [-0.05, 0) is 58.8 Å². The average molecular weight is 1070 g/mol. The van der Waals surface area contributed by atoms with Crippen LogP contribution >= 0.6 is 0 Å². The van der Waals surface area contributed by atoms with Crippen molar-refractivity contribution in [2.24, 2.45) is 14.0 Å². The van der Waals surface area contributed by atoms with Crippen LogP contribution in [0.5, 0.6) is 11.5 Å². The Morgan fingerprint density at radius 1 is 0.574 bits per heavy atom. The van der Waals surface area contributed by atoms with Crippen LogP contribution in [-0.4, -0.2) is 18.7 Å². The quantitative estimate of drug-likeness (QED) is 0.156. The first-order valence-corrected chi connectivity index (χ1v) is 22.4. The van der Waals surface area contributed by atoms with Crippen molar-refractivity contribution >= 4 is 88.2 Å². The molecular formula is C60H45N6OPt-3. The standard InChI is InChI=1S/C60H45N6O.Pt/c1-60(2,3)39-33-40(35-42(34-39)67-41-30-31-44-43-21-9-14-26-49(43)66(52(44)36-41)53-29-17-18-32-61-53)64-37-65(51-28-16-15-27-50(51)64)59-57-55(45-22-10-12-24-47(45)62(57)4)54(38-19-7-6-8-20-38)56-46-23-11-13-25-48(46)63(5)58(56)59;/h6-34,37H,1-5H3;/q-3;/i4D3,5D3;. The Morgan fingerprint density at radius 2 is 1.18 bits per heavy atom. The molecule has 0 fully saturated rings. The fourth-order valence-electron chi connectivity index (χ4n) is 10.2. The van der Waals surface area contributed by atoms with Gasteiger partial charge in [0.25, 0.3) is 0 Å². The summed E-state index contributed by atoms with van der Waals surface area (Å²) in [6.07, 6.45) is 1.78. The molecule has 13 rings (SSSR count). The van der Waals surface area contributed by atoms with E-state index >= 15 is 0 Å². The van der Waals surface area contributed by atoms with Crippen molar-refractivity contribution in [3.05, 3.63) is 200 Å². The van der Waals surface area contributed by atoms with E-state index in [0.717, 1.165) is 60.8 Å². The predicted octanol–water partition coefficient (Wildman–Crippen LogP) is 15.2. The first kappa shape index (κ1) is 35.6. The second-order valence-corrected chi connectivity index (χ2v) is 18.2. The zero-order chi connectivity index (χ0) is 50.1. The molecule has 8 aromatic carbocycles. The number of anilines is 4. The molecule has 0 radical (unpaired) electrons. The molecule has 1 aliphatic heterocycles. The molecule has 68 heavy (non-hydrogen) atoms. The summed E-state index contributed by atoms with van der Waals surface area (Å²) < 4.78 is 67.2. The van der Waals surface area contributed by atoms with E-state index in [4.69, 9.17) is 9.72 Å². The number of aryl methyl sites for hydroxylation is 2. The number of nitrogens with zero attached hydrogens (tertiary/aromatic N) is 6. The van der Waals surface area contributed by atoms with E-state index in [-0.39, 0.29) is 26.5 Å². The average Bonchev–Trinajstić information content (AvgIpc) is 4.13. The Morgan fingerprint density at radius 3 is 1.82 bits per heavy atom. The van der Waals surface area contributed by atoms with Gasteiger partial charge in [-0.3, -0.25) is 0 Å². The molecule has 7 nitrogen and oxygen atoms in total. The molecule has 334 valence electrons. The summed E-state index contributed by atoms with van der Waals surface area (Å²) in [7, 11) is 0. The Hall–Kier alpha value is -7.60. The minimum Gasteiger partial charge on any atom is -0.509 e. The third-order valence-corrected chi connectivity index (χ3v) is 13.2. The summed E-state index contributed by atoms with van der Waals surface area (Å²) in [4.78, 5) is 8.70.